The fourth-order valence-electron chi connectivity index (χ4n) is 2.16. The Morgan fingerprint density at radius 2 is 2.20 bits per heavy atom. The molecule has 0 aliphatic heterocycles. The number of carbonyl (C=O) groups excluding carboxylic acids is 1. The first-order valence-corrected chi connectivity index (χ1v) is 8.28. The van der Waals surface area contributed by atoms with Crippen LogP contribution in [-0.2, 0) is 14.9 Å². The van der Waals surface area contributed by atoms with Gasteiger partial charge in [0, 0.05) is 18.0 Å². The van der Waals surface area contributed by atoms with Crippen LogP contribution in [0.25, 0.3) is 0 Å². The minimum atomic E-state index is -0.674. The van der Waals surface area contributed by atoms with Crippen molar-refractivity contribution < 1.29 is 9.53 Å². The van der Waals surface area contributed by atoms with Gasteiger partial charge >= 0.3 is 5.97 Å². The Morgan fingerprint density at radius 3 is 2.75 bits per heavy atom. The lowest BCUT2D eigenvalue weighted by Gasteiger charge is -2.22. The number of esters is 1. The van der Waals surface area contributed by atoms with E-state index >= 15 is 0 Å². The molecular formula is C15H24N2O2S. The van der Waals surface area contributed by atoms with E-state index in [1.165, 1.54) is 12.8 Å². The summed E-state index contributed by atoms with van der Waals surface area (Å²) in [6.07, 6.45) is 3.64. The van der Waals surface area contributed by atoms with Crippen molar-refractivity contribution in [2.24, 2.45) is 0 Å². The zero-order chi connectivity index (χ0) is 14.8. The first-order chi connectivity index (χ1) is 9.50. The summed E-state index contributed by atoms with van der Waals surface area (Å²) in [4.78, 5) is 19.1. The number of hydrogen-bond donors (Lipinski definition) is 0. The lowest BCUT2D eigenvalue weighted by molar-refractivity contribution is -0.148. The van der Waals surface area contributed by atoms with Crippen molar-refractivity contribution in [1.82, 2.24) is 4.98 Å². The van der Waals surface area contributed by atoms with Crippen molar-refractivity contribution >= 4 is 22.4 Å². The highest BCUT2D eigenvalue weighted by molar-refractivity contribution is 7.13. The Labute approximate surface area is 125 Å². The van der Waals surface area contributed by atoms with E-state index < -0.39 is 5.41 Å². The quantitative estimate of drug-likeness (QED) is 0.724. The number of anilines is 1. The normalized spacial score (nSPS) is 15.2. The fraction of sp³-hybridized carbons (Fsp3) is 0.733. The molecule has 1 aliphatic rings. The molecule has 1 fully saturated rings. The summed E-state index contributed by atoms with van der Waals surface area (Å²) in [7, 11) is 0. The van der Waals surface area contributed by atoms with E-state index in [2.05, 4.69) is 11.8 Å². The largest absolute Gasteiger partial charge is 0.465 e. The molecule has 5 heteroatoms. The van der Waals surface area contributed by atoms with E-state index in [9.17, 15) is 4.79 Å². The number of nitrogens with zero attached hydrogens (tertiary/aromatic N) is 2. The molecule has 2 rings (SSSR count). The molecule has 0 saturated heterocycles. The number of rotatable bonds is 7. The van der Waals surface area contributed by atoms with Gasteiger partial charge in [-0.15, -0.1) is 11.3 Å². The molecule has 0 N–H and O–H groups in total. The van der Waals surface area contributed by atoms with Crippen LogP contribution in [0.15, 0.2) is 5.38 Å². The molecule has 0 amide bonds. The molecule has 1 aliphatic carbocycles. The van der Waals surface area contributed by atoms with E-state index in [0.717, 1.165) is 23.8 Å². The third-order valence-electron chi connectivity index (χ3n) is 3.62. The maximum atomic E-state index is 12.0. The summed E-state index contributed by atoms with van der Waals surface area (Å²) in [6.45, 7) is 9.22. The summed E-state index contributed by atoms with van der Waals surface area (Å²) in [5.74, 6) is -0.203. The second-order valence-corrected chi connectivity index (χ2v) is 6.62. The third-order valence-corrected chi connectivity index (χ3v) is 4.49. The molecular weight excluding hydrogens is 272 g/mol. The first-order valence-electron chi connectivity index (χ1n) is 7.40. The average molecular weight is 296 g/mol. The van der Waals surface area contributed by atoms with E-state index in [1.807, 2.05) is 26.2 Å². The maximum absolute atomic E-state index is 12.0. The monoisotopic (exact) mass is 296 g/mol. The Kier molecular flexibility index (Phi) is 4.68. The molecule has 1 aromatic rings. The van der Waals surface area contributed by atoms with Gasteiger partial charge in [0.05, 0.1) is 12.3 Å². The molecule has 20 heavy (non-hydrogen) atoms. The predicted molar refractivity (Wildman–Crippen MR) is 82.4 cm³/mol. The van der Waals surface area contributed by atoms with Crippen LogP contribution in [0.5, 0.6) is 0 Å². The van der Waals surface area contributed by atoms with Crippen LogP contribution in [0, 0.1) is 0 Å². The van der Waals surface area contributed by atoms with E-state index in [1.54, 1.807) is 11.3 Å². The van der Waals surface area contributed by atoms with Crippen molar-refractivity contribution in [1.29, 1.82) is 0 Å². The van der Waals surface area contributed by atoms with E-state index in [4.69, 9.17) is 9.72 Å². The number of hydrogen-bond acceptors (Lipinski definition) is 5. The highest BCUT2D eigenvalue weighted by atomic mass is 32.1. The molecule has 112 valence electrons. The molecule has 0 unspecified atom stereocenters. The Balaban J connectivity index is 2.16. The van der Waals surface area contributed by atoms with Gasteiger partial charge in [-0.2, -0.15) is 0 Å². The van der Waals surface area contributed by atoms with Crippen molar-refractivity contribution in [2.75, 3.05) is 18.1 Å². The molecule has 1 saturated carbocycles. The molecule has 0 bridgehead atoms. The van der Waals surface area contributed by atoms with Gasteiger partial charge in [-0.25, -0.2) is 4.98 Å². The summed E-state index contributed by atoms with van der Waals surface area (Å²) >= 11 is 1.64. The number of aromatic nitrogens is 1. The van der Waals surface area contributed by atoms with Crippen LogP contribution < -0.4 is 4.90 Å². The Morgan fingerprint density at radius 1 is 1.50 bits per heavy atom. The van der Waals surface area contributed by atoms with Gasteiger partial charge in [-0.05, 0) is 40.0 Å². The van der Waals surface area contributed by atoms with E-state index in [0.29, 0.717) is 12.6 Å². The summed E-state index contributed by atoms with van der Waals surface area (Å²) in [6, 6.07) is 0.652. The van der Waals surface area contributed by atoms with Crippen LogP contribution in [-0.4, -0.2) is 30.1 Å². The highest BCUT2D eigenvalue weighted by Crippen LogP contribution is 2.36. The first kappa shape index (κ1) is 15.3. The average Bonchev–Trinajstić information content (AvgIpc) is 3.12. The Bertz CT molecular complexity index is 466. The maximum Gasteiger partial charge on any atom is 0.317 e. The highest BCUT2D eigenvalue weighted by Gasteiger charge is 2.36. The summed E-state index contributed by atoms with van der Waals surface area (Å²) in [5.41, 5.74) is 0.143. The van der Waals surface area contributed by atoms with Gasteiger partial charge in [0.2, 0.25) is 0 Å². The molecule has 0 spiro atoms. The predicted octanol–water partition coefficient (Wildman–Crippen LogP) is 3.36. The molecule has 4 nitrogen and oxygen atoms in total. The smallest absolute Gasteiger partial charge is 0.317 e. The SMILES string of the molecule is CCCN(c1nc(C(C)(C)C(=O)OCC)cs1)C1CC1. The zero-order valence-corrected chi connectivity index (χ0v) is 13.6. The van der Waals surface area contributed by atoms with Crippen LogP contribution in [0.3, 0.4) is 0 Å². The van der Waals surface area contributed by atoms with Crippen LogP contribution in [0.1, 0.15) is 52.7 Å². The van der Waals surface area contributed by atoms with E-state index in [-0.39, 0.29) is 5.97 Å². The van der Waals surface area contributed by atoms with Gasteiger partial charge in [-0.1, -0.05) is 6.92 Å². The molecule has 1 aromatic heterocycles. The molecule has 0 radical (unpaired) electrons. The summed E-state index contributed by atoms with van der Waals surface area (Å²) < 4.78 is 5.15. The van der Waals surface area contributed by atoms with Gasteiger partial charge in [0.15, 0.2) is 5.13 Å². The zero-order valence-electron chi connectivity index (χ0n) is 12.8. The lowest BCUT2D eigenvalue weighted by atomic mass is 9.90. The lowest BCUT2D eigenvalue weighted by Crippen LogP contribution is -2.32. The van der Waals surface area contributed by atoms with Crippen LogP contribution >= 0.6 is 11.3 Å². The van der Waals surface area contributed by atoms with Crippen LogP contribution in [0.4, 0.5) is 5.13 Å². The van der Waals surface area contributed by atoms with Gasteiger partial charge in [0.1, 0.15) is 5.41 Å². The minimum absolute atomic E-state index is 0.203. The van der Waals surface area contributed by atoms with Crippen molar-refractivity contribution in [3.8, 4) is 0 Å². The Hall–Kier alpha value is -1.10. The van der Waals surface area contributed by atoms with Crippen molar-refractivity contribution in [2.45, 2.75) is 58.4 Å². The molecule has 0 atom stereocenters. The topological polar surface area (TPSA) is 42.4 Å². The van der Waals surface area contributed by atoms with Crippen molar-refractivity contribution in [3.63, 3.8) is 0 Å². The third kappa shape index (κ3) is 3.14. The molecule has 1 heterocycles. The second kappa shape index (κ2) is 6.12. The van der Waals surface area contributed by atoms with Crippen LogP contribution in [0.2, 0.25) is 0 Å². The minimum Gasteiger partial charge on any atom is -0.465 e. The second-order valence-electron chi connectivity index (χ2n) is 5.79. The number of thiazole rings is 1. The fourth-order valence-corrected chi connectivity index (χ4v) is 3.25. The van der Waals surface area contributed by atoms with Gasteiger partial charge in [-0.3, -0.25) is 4.79 Å². The molecule has 0 aromatic carbocycles. The standard InChI is InChI=1S/C15H24N2O2S/c1-5-9-17(11-7-8-11)14-16-12(10-20-14)15(3,4)13(18)19-6-2/h10-11H,5-9H2,1-4H3. The number of ether oxygens (including phenoxy) is 1. The summed E-state index contributed by atoms with van der Waals surface area (Å²) in [5, 5.41) is 3.04. The van der Waals surface area contributed by atoms with Crippen molar-refractivity contribution in [3.05, 3.63) is 11.1 Å². The van der Waals surface area contributed by atoms with Gasteiger partial charge < -0.3 is 9.64 Å². The number of carbonyl (C=O) groups is 1. The van der Waals surface area contributed by atoms with Gasteiger partial charge in [0.25, 0.3) is 0 Å².